The number of nitrogens with zero attached hydrogens (tertiary/aromatic N) is 1. The molecule has 1 aliphatic heterocycles. The molecule has 116 valence electrons. The number of hydrogen-bond donors (Lipinski definition) is 1. The van der Waals surface area contributed by atoms with Crippen LogP contribution in [0.1, 0.15) is 23.7 Å². The molecule has 0 aliphatic carbocycles. The Morgan fingerprint density at radius 1 is 1.26 bits per heavy atom. The molecule has 4 nitrogen and oxygen atoms in total. The van der Waals surface area contributed by atoms with Gasteiger partial charge in [0, 0.05) is 12.2 Å². The minimum atomic E-state index is -0.289. The normalized spacial score (nSPS) is 17.7. The van der Waals surface area contributed by atoms with E-state index in [4.69, 9.17) is 4.42 Å². The maximum atomic E-state index is 12.0. The molecule has 0 unspecified atom stereocenters. The highest BCUT2D eigenvalue weighted by molar-refractivity contribution is 8.03. The average Bonchev–Trinajstić information content (AvgIpc) is 3.10. The Kier molecular flexibility index (Phi) is 4.84. The molecule has 0 fully saturated rings. The zero-order valence-electron chi connectivity index (χ0n) is 12.5. The van der Waals surface area contributed by atoms with E-state index in [0.29, 0.717) is 16.4 Å². The van der Waals surface area contributed by atoms with E-state index in [2.05, 4.69) is 23.5 Å². The highest BCUT2D eigenvalue weighted by atomic mass is 32.2. The van der Waals surface area contributed by atoms with Gasteiger partial charge in [-0.1, -0.05) is 30.3 Å². The summed E-state index contributed by atoms with van der Waals surface area (Å²) in [6, 6.07) is 16.0. The summed E-state index contributed by atoms with van der Waals surface area (Å²) in [5.74, 6) is 1.10. The third-order valence-corrected chi connectivity index (χ3v) is 4.74. The number of furan rings is 1. The van der Waals surface area contributed by atoms with Gasteiger partial charge in [-0.25, -0.2) is 0 Å². The molecular formula is C18H16N2O2S. The Hall–Kier alpha value is -2.45. The van der Waals surface area contributed by atoms with Crippen molar-refractivity contribution >= 4 is 17.7 Å². The Balaban J connectivity index is 1.75. The third kappa shape index (κ3) is 3.66. The SMILES string of the molecule is N#CC1=C(SCCc2ccccc2)NC(=O)C[C@H]1c1ccco1. The zero-order chi connectivity index (χ0) is 16.1. The number of aryl methyl sites for hydroxylation is 1. The van der Waals surface area contributed by atoms with Crippen LogP contribution in [-0.4, -0.2) is 11.7 Å². The van der Waals surface area contributed by atoms with E-state index in [1.54, 1.807) is 12.3 Å². The van der Waals surface area contributed by atoms with Gasteiger partial charge in [0.25, 0.3) is 0 Å². The van der Waals surface area contributed by atoms with E-state index in [-0.39, 0.29) is 18.2 Å². The Morgan fingerprint density at radius 2 is 2.09 bits per heavy atom. The van der Waals surface area contributed by atoms with Crippen molar-refractivity contribution in [3.05, 3.63) is 70.7 Å². The first-order chi connectivity index (χ1) is 11.3. The van der Waals surface area contributed by atoms with Crippen LogP contribution < -0.4 is 5.32 Å². The Bertz CT molecular complexity index is 745. The number of amides is 1. The Labute approximate surface area is 139 Å². The van der Waals surface area contributed by atoms with Crippen LogP contribution in [0.25, 0.3) is 0 Å². The van der Waals surface area contributed by atoms with Gasteiger partial charge in [-0.15, -0.1) is 11.8 Å². The van der Waals surface area contributed by atoms with E-state index in [9.17, 15) is 10.1 Å². The van der Waals surface area contributed by atoms with Gasteiger partial charge < -0.3 is 9.73 Å². The van der Waals surface area contributed by atoms with E-state index in [0.717, 1.165) is 12.2 Å². The first-order valence-corrected chi connectivity index (χ1v) is 8.40. The maximum Gasteiger partial charge on any atom is 0.225 e. The number of benzene rings is 1. The van der Waals surface area contributed by atoms with Crippen molar-refractivity contribution in [3.8, 4) is 6.07 Å². The number of rotatable bonds is 5. The molecule has 1 aromatic carbocycles. The smallest absolute Gasteiger partial charge is 0.225 e. The van der Waals surface area contributed by atoms with Crippen LogP contribution in [0.15, 0.2) is 63.7 Å². The molecule has 0 radical (unpaired) electrons. The lowest BCUT2D eigenvalue weighted by Crippen LogP contribution is -2.30. The van der Waals surface area contributed by atoms with Crippen molar-refractivity contribution in [2.24, 2.45) is 0 Å². The second-order valence-electron chi connectivity index (χ2n) is 5.26. The molecule has 0 bridgehead atoms. The topological polar surface area (TPSA) is 66.0 Å². The van der Waals surface area contributed by atoms with Crippen molar-refractivity contribution in [1.29, 1.82) is 5.26 Å². The van der Waals surface area contributed by atoms with Gasteiger partial charge in [0.2, 0.25) is 5.91 Å². The summed E-state index contributed by atoms with van der Waals surface area (Å²) >= 11 is 1.51. The fourth-order valence-electron chi connectivity index (χ4n) is 2.58. The van der Waals surface area contributed by atoms with Gasteiger partial charge in [0.15, 0.2) is 0 Å². The number of allylic oxidation sites excluding steroid dienone is 1. The minimum absolute atomic E-state index is 0.0763. The number of thioether (sulfide) groups is 1. The van der Waals surface area contributed by atoms with Gasteiger partial charge in [-0.05, 0) is 24.1 Å². The number of nitrogens with one attached hydrogen (secondary N) is 1. The maximum absolute atomic E-state index is 12.0. The zero-order valence-corrected chi connectivity index (χ0v) is 13.3. The second kappa shape index (κ2) is 7.21. The van der Waals surface area contributed by atoms with Crippen molar-refractivity contribution < 1.29 is 9.21 Å². The van der Waals surface area contributed by atoms with E-state index >= 15 is 0 Å². The van der Waals surface area contributed by atoms with Gasteiger partial charge in [0.05, 0.1) is 28.9 Å². The molecule has 0 spiro atoms. The lowest BCUT2D eigenvalue weighted by atomic mass is 9.92. The van der Waals surface area contributed by atoms with Crippen LogP contribution in [0, 0.1) is 11.3 Å². The molecule has 23 heavy (non-hydrogen) atoms. The van der Waals surface area contributed by atoms with Crippen LogP contribution >= 0.6 is 11.8 Å². The molecule has 5 heteroatoms. The predicted molar refractivity (Wildman–Crippen MR) is 89.5 cm³/mol. The van der Waals surface area contributed by atoms with Gasteiger partial charge >= 0.3 is 0 Å². The molecule has 0 saturated carbocycles. The monoisotopic (exact) mass is 324 g/mol. The summed E-state index contributed by atoms with van der Waals surface area (Å²) in [5.41, 5.74) is 1.82. The largest absolute Gasteiger partial charge is 0.469 e. The number of carbonyl (C=O) groups is 1. The minimum Gasteiger partial charge on any atom is -0.469 e. The molecule has 3 rings (SSSR count). The predicted octanol–water partition coefficient (Wildman–Crippen LogP) is 3.59. The quantitative estimate of drug-likeness (QED) is 0.912. The summed E-state index contributed by atoms with van der Waals surface area (Å²) in [6.45, 7) is 0. The molecule has 1 N–H and O–H groups in total. The summed E-state index contributed by atoms with van der Waals surface area (Å²) in [4.78, 5) is 12.0. The van der Waals surface area contributed by atoms with Crippen molar-refractivity contribution in [2.75, 3.05) is 5.75 Å². The third-order valence-electron chi connectivity index (χ3n) is 3.72. The highest BCUT2D eigenvalue weighted by Gasteiger charge is 2.31. The van der Waals surface area contributed by atoms with E-state index < -0.39 is 0 Å². The van der Waals surface area contributed by atoms with E-state index in [1.165, 1.54) is 17.3 Å². The molecule has 2 heterocycles. The number of hydrogen-bond acceptors (Lipinski definition) is 4. The van der Waals surface area contributed by atoms with Gasteiger partial charge in [0.1, 0.15) is 5.76 Å². The van der Waals surface area contributed by atoms with Crippen molar-refractivity contribution in [3.63, 3.8) is 0 Å². The molecule has 1 amide bonds. The second-order valence-corrected chi connectivity index (χ2v) is 6.36. The summed E-state index contributed by atoms with van der Waals surface area (Å²) in [6.07, 6.45) is 2.70. The van der Waals surface area contributed by atoms with Gasteiger partial charge in [-0.2, -0.15) is 5.26 Å². The first-order valence-electron chi connectivity index (χ1n) is 7.42. The van der Waals surface area contributed by atoms with Crippen LogP contribution in [0.3, 0.4) is 0 Å². The Morgan fingerprint density at radius 3 is 2.78 bits per heavy atom. The van der Waals surface area contributed by atoms with E-state index in [1.807, 2.05) is 24.3 Å². The molecule has 1 atom stereocenters. The average molecular weight is 324 g/mol. The van der Waals surface area contributed by atoms with Crippen molar-refractivity contribution in [1.82, 2.24) is 5.32 Å². The first kappa shape index (κ1) is 15.4. The van der Waals surface area contributed by atoms with Crippen LogP contribution in [0.2, 0.25) is 0 Å². The molecular weight excluding hydrogens is 308 g/mol. The van der Waals surface area contributed by atoms with Crippen molar-refractivity contribution in [2.45, 2.75) is 18.8 Å². The fourth-order valence-corrected chi connectivity index (χ4v) is 3.65. The molecule has 0 saturated heterocycles. The lowest BCUT2D eigenvalue weighted by Gasteiger charge is -2.23. The number of nitriles is 1. The van der Waals surface area contributed by atoms with Crippen LogP contribution in [0.5, 0.6) is 0 Å². The molecule has 1 aliphatic rings. The highest BCUT2D eigenvalue weighted by Crippen LogP contribution is 2.36. The molecule has 1 aromatic heterocycles. The molecule has 2 aromatic rings. The lowest BCUT2D eigenvalue weighted by molar-refractivity contribution is -0.120. The fraction of sp³-hybridized carbons (Fsp3) is 0.222. The summed E-state index contributed by atoms with van der Waals surface area (Å²) in [5, 5.41) is 13.0. The van der Waals surface area contributed by atoms with Gasteiger partial charge in [-0.3, -0.25) is 4.79 Å². The number of carbonyl (C=O) groups excluding carboxylic acids is 1. The summed E-state index contributed by atoms with van der Waals surface area (Å²) in [7, 11) is 0. The van der Waals surface area contributed by atoms with Crippen LogP contribution in [-0.2, 0) is 11.2 Å². The summed E-state index contributed by atoms with van der Waals surface area (Å²) < 4.78 is 5.40. The van der Waals surface area contributed by atoms with Crippen LogP contribution in [0.4, 0.5) is 0 Å². The standard InChI is InChI=1S/C18H16N2O2S/c19-12-15-14(16-7-4-9-22-16)11-17(21)20-18(15)23-10-8-13-5-2-1-3-6-13/h1-7,9,14H,8,10-11H2,(H,20,21)/t14-/m1/s1.